The monoisotopic (exact) mass is 310 g/mol. The van der Waals surface area contributed by atoms with Gasteiger partial charge < -0.3 is 5.32 Å². The first-order chi connectivity index (χ1) is 10.3. The molecule has 0 aliphatic carbocycles. The summed E-state index contributed by atoms with van der Waals surface area (Å²) >= 11 is 0. The number of nitrogens with one attached hydrogen (secondary N) is 1. The molecule has 1 aromatic carbocycles. The Kier molecular flexibility index (Phi) is 6.63. The molecule has 120 valence electrons. The first-order valence-corrected chi connectivity index (χ1v) is 7.30. The number of halogens is 3. The zero-order valence-corrected chi connectivity index (χ0v) is 13.1. The fraction of sp³-hybridized carbons (Fsp3) is 0.471. The van der Waals surface area contributed by atoms with Gasteiger partial charge in [0.15, 0.2) is 0 Å². The Morgan fingerprint density at radius 3 is 2.55 bits per heavy atom. The van der Waals surface area contributed by atoms with Crippen LogP contribution < -0.4 is 5.32 Å². The van der Waals surface area contributed by atoms with Gasteiger partial charge in [0.1, 0.15) is 6.04 Å². The number of nitriles is 1. The van der Waals surface area contributed by atoms with E-state index >= 15 is 0 Å². The third kappa shape index (κ3) is 4.60. The van der Waals surface area contributed by atoms with Gasteiger partial charge in [0.2, 0.25) is 0 Å². The van der Waals surface area contributed by atoms with E-state index in [0.29, 0.717) is 23.1 Å². The van der Waals surface area contributed by atoms with E-state index < -0.39 is 12.2 Å². The van der Waals surface area contributed by atoms with E-state index in [1.165, 1.54) is 7.05 Å². The molecule has 1 aromatic rings. The number of benzene rings is 1. The zero-order chi connectivity index (χ0) is 16.8. The quantitative estimate of drug-likeness (QED) is 0.780. The summed E-state index contributed by atoms with van der Waals surface area (Å²) in [4.78, 5) is 0. The SMILES string of the molecule is CCCC/C=C(\c1ccc(C#N)cc1C)C(NC)C(F)(F)F. The van der Waals surface area contributed by atoms with Crippen LogP contribution in [0.2, 0.25) is 0 Å². The normalized spacial score (nSPS) is 13.8. The molecule has 0 heterocycles. The summed E-state index contributed by atoms with van der Waals surface area (Å²) in [7, 11) is 1.31. The Balaban J connectivity index is 3.32. The van der Waals surface area contributed by atoms with Crippen LogP contribution in [0.1, 0.15) is 42.9 Å². The second-order valence-electron chi connectivity index (χ2n) is 5.21. The van der Waals surface area contributed by atoms with Gasteiger partial charge >= 0.3 is 6.18 Å². The van der Waals surface area contributed by atoms with Gasteiger partial charge in [0.25, 0.3) is 0 Å². The molecule has 0 spiro atoms. The Hall–Kier alpha value is -1.80. The lowest BCUT2D eigenvalue weighted by Gasteiger charge is -2.24. The summed E-state index contributed by atoms with van der Waals surface area (Å²) < 4.78 is 39.9. The van der Waals surface area contributed by atoms with Crippen LogP contribution in [0.5, 0.6) is 0 Å². The largest absolute Gasteiger partial charge is 0.407 e. The summed E-state index contributed by atoms with van der Waals surface area (Å²) in [6, 6.07) is 5.06. The van der Waals surface area contributed by atoms with Gasteiger partial charge in [-0.25, -0.2) is 0 Å². The van der Waals surface area contributed by atoms with Gasteiger partial charge in [0, 0.05) is 0 Å². The predicted octanol–water partition coefficient (Wildman–Crippen LogP) is 4.59. The molecular weight excluding hydrogens is 289 g/mol. The van der Waals surface area contributed by atoms with Crippen LogP contribution in [0.4, 0.5) is 13.2 Å². The van der Waals surface area contributed by atoms with Crippen molar-refractivity contribution in [2.24, 2.45) is 0 Å². The molecule has 2 nitrogen and oxygen atoms in total. The van der Waals surface area contributed by atoms with E-state index in [2.05, 4.69) is 5.32 Å². The Bertz CT molecular complexity index is 568. The second-order valence-corrected chi connectivity index (χ2v) is 5.21. The number of unbranched alkanes of at least 4 members (excludes halogenated alkanes) is 2. The van der Waals surface area contributed by atoms with Crippen molar-refractivity contribution in [1.29, 1.82) is 5.26 Å². The number of likely N-dealkylation sites (N-methyl/N-ethyl adjacent to an activating group) is 1. The maximum atomic E-state index is 13.3. The summed E-state index contributed by atoms with van der Waals surface area (Å²) in [5.74, 6) is 0. The van der Waals surface area contributed by atoms with Crippen LogP contribution in [-0.4, -0.2) is 19.3 Å². The van der Waals surface area contributed by atoms with Gasteiger partial charge in [0.05, 0.1) is 11.6 Å². The molecule has 0 aliphatic rings. The Morgan fingerprint density at radius 1 is 1.41 bits per heavy atom. The number of alkyl halides is 3. The molecule has 0 radical (unpaired) electrons. The smallest absolute Gasteiger partial charge is 0.306 e. The van der Waals surface area contributed by atoms with Gasteiger partial charge in [-0.1, -0.05) is 31.9 Å². The van der Waals surface area contributed by atoms with Crippen molar-refractivity contribution in [2.75, 3.05) is 7.05 Å². The number of rotatable bonds is 6. The highest BCUT2D eigenvalue weighted by molar-refractivity contribution is 5.73. The average molecular weight is 310 g/mol. The van der Waals surface area contributed by atoms with E-state index in [1.807, 2.05) is 13.0 Å². The minimum Gasteiger partial charge on any atom is -0.306 e. The van der Waals surface area contributed by atoms with Crippen LogP contribution >= 0.6 is 0 Å². The zero-order valence-electron chi connectivity index (χ0n) is 13.1. The van der Waals surface area contributed by atoms with Gasteiger partial charge in [-0.3, -0.25) is 0 Å². The molecule has 1 unspecified atom stereocenters. The van der Waals surface area contributed by atoms with Crippen molar-refractivity contribution in [3.05, 3.63) is 41.0 Å². The summed E-state index contributed by atoms with van der Waals surface area (Å²) in [5.41, 5.74) is 1.88. The molecule has 1 rings (SSSR count). The Labute approximate surface area is 129 Å². The number of nitrogens with zero attached hydrogens (tertiary/aromatic N) is 1. The molecule has 0 aromatic heterocycles. The predicted molar refractivity (Wildman–Crippen MR) is 82.3 cm³/mol. The third-order valence-electron chi connectivity index (χ3n) is 3.52. The van der Waals surface area contributed by atoms with Crippen LogP contribution in [0.15, 0.2) is 24.3 Å². The summed E-state index contributed by atoms with van der Waals surface area (Å²) in [5, 5.41) is 11.3. The second kappa shape index (κ2) is 8.00. The van der Waals surface area contributed by atoms with Crippen LogP contribution in [0, 0.1) is 18.3 Å². The number of hydrogen-bond donors (Lipinski definition) is 1. The van der Waals surface area contributed by atoms with Gasteiger partial charge in [-0.15, -0.1) is 0 Å². The molecular formula is C17H21F3N2. The van der Waals surface area contributed by atoms with E-state index in [0.717, 1.165) is 12.8 Å². The van der Waals surface area contributed by atoms with Crippen LogP contribution in [0.25, 0.3) is 5.57 Å². The fourth-order valence-electron chi connectivity index (χ4n) is 2.40. The molecule has 1 N–H and O–H groups in total. The number of hydrogen-bond acceptors (Lipinski definition) is 2. The molecule has 0 fully saturated rings. The van der Waals surface area contributed by atoms with Gasteiger partial charge in [-0.05, 0) is 49.2 Å². The standard InChI is InChI=1S/C17H21F3N2/c1-4-5-6-7-15(16(22-3)17(18,19)20)14-9-8-13(11-21)10-12(14)2/h7-10,16,22H,4-6H2,1-3H3/b15-7+. The highest BCUT2D eigenvalue weighted by Gasteiger charge is 2.41. The third-order valence-corrected chi connectivity index (χ3v) is 3.52. The lowest BCUT2D eigenvalue weighted by atomic mass is 9.92. The number of aryl methyl sites for hydroxylation is 1. The topological polar surface area (TPSA) is 35.8 Å². The maximum Gasteiger partial charge on any atom is 0.407 e. The van der Waals surface area contributed by atoms with Crippen molar-refractivity contribution in [2.45, 2.75) is 45.3 Å². The van der Waals surface area contributed by atoms with Crippen molar-refractivity contribution in [1.82, 2.24) is 5.32 Å². The van der Waals surface area contributed by atoms with Gasteiger partial charge in [-0.2, -0.15) is 18.4 Å². The maximum absolute atomic E-state index is 13.3. The highest BCUT2D eigenvalue weighted by Crippen LogP contribution is 2.33. The Morgan fingerprint density at radius 2 is 2.09 bits per heavy atom. The lowest BCUT2D eigenvalue weighted by Crippen LogP contribution is -2.41. The molecule has 0 amide bonds. The highest BCUT2D eigenvalue weighted by atomic mass is 19.4. The van der Waals surface area contributed by atoms with E-state index in [-0.39, 0.29) is 5.57 Å². The summed E-state index contributed by atoms with van der Waals surface area (Å²) in [6.45, 7) is 3.73. The minimum atomic E-state index is -4.37. The van der Waals surface area contributed by atoms with Crippen LogP contribution in [-0.2, 0) is 0 Å². The first-order valence-electron chi connectivity index (χ1n) is 7.30. The molecule has 0 aliphatic heterocycles. The minimum absolute atomic E-state index is 0.227. The van der Waals surface area contributed by atoms with Crippen molar-refractivity contribution >= 4 is 5.57 Å². The molecule has 22 heavy (non-hydrogen) atoms. The molecule has 0 saturated heterocycles. The molecule has 0 bridgehead atoms. The average Bonchev–Trinajstić information content (AvgIpc) is 2.45. The van der Waals surface area contributed by atoms with Crippen molar-refractivity contribution in [3.63, 3.8) is 0 Å². The molecule has 1 atom stereocenters. The van der Waals surface area contributed by atoms with E-state index in [9.17, 15) is 13.2 Å². The summed E-state index contributed by atoms with van der Waals surface area (Å²) in [6.07, 6.45) is -0.349. The lowest BCUT2D eigenvalue weighted by molar-refractivity contribution is -0.140. The van der Waals surface area contributed by atoms with Crippen molar-refractivity contribution < 1.29 is 13.2 Å². The van der Waals surface area contributed by atoms with E-state index in [1.54, 1.807) is 31.2 Å². The molecule has 0 saturated carbocycles. The first kappa shape index (κ1) is 18.2. The fourth-order valence-corrected chi connectivity index (χ4v) is 2.40. The number of allylic oxidation sites excluding steroid dienone is 1. The van der Waals surface area contributed by atoms with E-state index in [4.69, 9.17) is 5.26 Å². The molecule has 5 heteroatoms. The van der Waals surface area contributed by atoms with Crippen molar-refractivity contribution in [3.8, 4) is 6.07 Å². The van der Waals surface area contributed by atoms with Crippen LogP contribution in [0.3, 0.4) is 0 Å².